The number of sulfonamides is 1. The molecule has 0 saturated carbocycles. The van der Waals surface area contributed by atoms with Gasteiger partial charge in [-0.05, 0) is 6.42 Å². The third kappa shape index (κ3) is 8.15. The molecule has 0 heterocycles. The Bertz CT molecular complexity index is 353. The number of carbonyl (C=O) groups excluding carboxylic acids is 1. The topological polar surface area (TPSA) is 153 Å². The molecule has 0 bridgehead atoms. The van der Waals surface area contributed by atoms with Crippen molar-refractivity contribution >= 4 is 21.9 Å². The predicted octanol–water partition coefficient (Wildman–Crippen LogP) is -2.42. The van der Waals surface area contributed by atoms with Gasteiger partial charge in [0.2, 0.25) is 15.9 Å². The zero-order valence-electron chi connectivity index (χ0n) is 8.55. The number of carboxylic acid groups (broad SMARTS) is 1. The average Bonchev–Trinajstić information content (AvgIpc) is 2.11. The molecule has 0 radical (unpaired) electrons. The molecule has 0 aliphatic carbocycles. The van der Waals surface area contributed by atoms with Crippen molar-refractivity contribution in [3.63, 3.8) is 0 Å². The molecule has 1 unspecified atom stereocenters. The first-order chi connectivity index (χ1) is 7.22. The number of hydrogen-bond donors (Lipinski definition) is 4. The Morgan fingerprint density at radius 1 is 1.38 bits per heavy atom. The third-order valence-corrected chi connectivity index (χ3v) is 2.46. The second kappa shape index (κ2) is 6.40. The van der Waals surface area contributed by atoms with Crippen LogP contribution in [0.15, 0.2) is 0 Å². The van der Waals surface area contributed by atoms with Crippen LogP contribution in [0.4, 0.5) is 0 Å². The molecular weight excluding hydrogens is 238 g/mol. The number of carboxylic acids is 1. The number of primary sulfonamides is 1. The van der Waals surface area contributed by atoms with Crippen molar-refractivity contribution in [2.75, 3.05) is 12.3 Å². The van der Waals surface area contributed by atoms with Gasteiger partial charge in [-0.15, -0.1) is 0 Å². The first-order valence-electron chi connectivity index (χ1n) is 4.48. The van der Waals surface area contributed by atoms with Crippen LogP contribution >= 0.6 is 0 Å². The van der Waals surface area contributed by atoms with Crippen LogP contribution in [0.5, 0.6) is 0 Å². The zero-order chi connectivity index (χ0) is 12.8. The number of aliphatic carboxylic acids is 1. The zero-order valence-corrected chi connectivity index (χ0v) is 9.37. The minimum Gasteiger partial charge on any atom is -0.481 e. The number of amides is 1. The summed E-state index contributed by atoms with van der Waals surface area (Å²) < 4.78 is 21.0. The highest BCUT2D eigenvalue weighted by atomic mass is 32.2. The molecule has 16 heavy (non-hydrogen) atoms. The quantitative estimate of drug-likeness (QED) is 0.396. The van der Waals surface area contributed by atoms with Crippen molar-refractivity contribution in [3.8, 4) is 0 Å². The van der Waals surface area contributed by atoms with E-state index in [-0.39, 0.29) is 25.1 Å². The lowest BCUT2D eigenvalue weighted by molar-refractivity contribution is -0.137. The Morgan fingerprint density at radius 3 is 2.38 bits per heavy atom. The SMILES string of the molecule is NC(CCC(=O)O)C(=O)NCCS(N)(=O)=O. The van der Waals surface area contributed by atoms with Crippen molar-refractivity contribution in [1.82, 2.24) is 5.32 Å². The molecule has 1 amide bonds. The summed E-state index contributed by atoms with van der Waals surface area (Å²) in [5, 5.41) is 15.3. The van der Waals surface area contributed by atoms with Crippen LogP contribution in [0.25, 0.3) is 0 Å². The summed E-state index contributed by atoms with van der Waals surface area (Å²) in [6, 6.07) is -0.962. The molecule has 0 rings (SSSR count). The van der Waals surface area contributed by atoms with E-state index in [0.717, 1.165) is 0 Å². The Kier molecular flexibility index (Phi) is 5.93. The van der Waals surface area contributed by atoms with Crippen LogP contribution in [0.2, 0.25) is 0 Å². The Labute approximate surface area is 93.0 Å². The second-order valence-electron chi connectivity index (χ2n) is 3.20. The predicted molar refractivity (Wildman–Crippen MR) is 55.8 cm³/mol. The average molecular weight is 253 g/mol. The summed E-state index contributed by atoms with van der Waals surface area (Å²) >= 11 is 0. The fraction of sp³-hybridized carbons (Fsp3) is 0.714. The van der Waals surface area contributed by atoms with Crippen molar-refractivity contribution in [2.24, 2.45) is 10.9 Å². The molecule has 0 fully saturated rings. The molecule has 8 nitrogen and oxygen atoms in total. The van der Waals surface area contributed by atoms with E-state index in [1.807, 2.05) is 0 Å². The minimum absolute atomic E-state index is 0.00343. The van der Waals surface area contributed by atoms with E-state index in [4.69, 9.17) is 16.0 Å². The van der Waals surface area contributed by atoms with E-state index in [1.165, 1.54) is 0 Å². The lowest BCUT2D eigenvalue weighted by Gasteiger charge is -2.10. The summed E-state index contributed by atoms with van der Waals surface area (Å²) in [5.74, 6) is -2.03. The highest BCUT2D eigenvalue weighted by molar-refractivity contribution is 7.89. The maximum absolute atomic E-state index is 11.2. The van der Waals surface area contributed by atoms with Crippen LogP contribution in [-0.2, 0) is 19.6 Å². The number of nitrogens with one attached hydrogen (secondary N) is 1. The van der Waals surface area contributed by atoms with Gasteiger partial charge in [-0.25, -0.2) is 13.6 Å². The largest absolute Gasteiger partial charge is 0.481 e. The molecule has 1 atom stereocenters. The van der Waals surface area contributed by atoms with Crippen LogP contribution in [0.3, 0.4) is 0 Å². The molecule has 0 spiro atoms. The lowest BCUT2D eigenvalue weighted by Crippen LogP contribution is -2.42. The van der Waals surface area contributed by atoms with Gasteiger partial charge >= 0.3 is 5.97 Å². The molecule has 94 valence electrons. The summed E-state index contributed by atoms with van der Waals surface area (Å²) in [6.07, 6.45) is -0.222. The molecule has 0 aliphatic heterocycles. The maximum atomic E-state index is 11.2. The lowest BCUT2D eigenvalue weighted by atomic mass is 10.1. The van der Waals surface area contributed by atoms with Gasteiger partial charge < -0.3 is 16.2 Å². The van der Waals surface area contributed by atoms with Crippen molar-refractivity contribution in [2.45, 2.75) is 18.9 Å². The van der Waals surface area contributed by atoms with Crippen LogP contribution < -0.4 is 16.2 Å². The summed E-state index contributed by atoms with van der Waals surface area (Å²) in [5.41, 5.74) is 5.36. The van der Waals surface area contributed by atoms with Crippen LogP contribution in [-0.4, -0.2) is 43.7 Å². The molecule has 0 saturated heterocycles. The van der Waals surface area contributed by atoms with E-state index < -0.39 is 27.9 Å². The molecule has 0 aromatic rings. The summed E-state index contributed by atoms with van der Waals surface area (Å²) in [4.78, 5) is 21.4. The van der Waals surface area contributed by atoms with E-state index in [1.54, 1.807) is 0 Å². The molecule has 0 aromatic heterocycles. The van der Waals surface area contributed by atoms with Gasteiger partial charge in [-0.1, -0.05) is 0 Å². The van der Waals surface area contributed by atoms with Crippen LogP contribution in [0.1, 0.15) is 12.8 Å². The van der Waals surface area contributed by atoms with Gasteiger partial charge in [0.15, 0.2) is 0 Å². The fourth-order valence-electron chi connectivity index (χ4n) is 0.858. The number of carbonyl (C=O) groups is 2. The fourth-order valence-corrected chi connectivity index (χ4v) is 1.24. The molecule has 0 aromatic carbocycles. The van der Waals surface area contributed by atoms with E-state index in [0.29, 0.717) is 0 Å². The highest BCUT2D eigenvalue weighted by Gasteiger charge is 2.14. The van der Waals surface area contributed by atoms with E-state index in [9.17, 15) is 18.0 Å². The van der Waals surface area contributed by atoms with Gasteiger partial charge in [-0.2, -0.15) is 0 Å². The van der Waals surface area contributed by atoms with Gasteiger partial charge in [0.05, 0.1) is 11.8 Å². The Hall–Kier alpha value is -1.19. The van der Waals surface area contributed by atoms with Crippen LogP contribution in [0, 0.1) is 0 Å². The monoisotopic (exact) mass is 253 g/mol. The Morgan fingerprint density at radius 2 is 1.94 bits per heavy atom. The van der Waals surface area contributed by atoms with Gasteiger partial charge in [0, 0.05) is 13.0 Å². The summed E-state index contributed by atoms with van der Waals surface area (Å²) in [6.45, 7) is -0.140. The molecule has 0 aliphatic rings. The molecule has 9 heteroatoms. The van der Waals surface area contributed by atoms with Crippen molar-refractivity contribution in [3.05, 3.63) is 0 Å². The minimum atomic E-state index is -3.62. The number of rotatable bonds is 7. The van der Waals surface area contributed by atoms with Gasteiger partial charge in [0.25, 0.3) is 0 Å². The van der Waals surface area contributed by atoms with Crippen molar-refractivity contribution < 1.29 is 23.1 Å². The van der Waals surface area contributed by atoms with E-state index >= 15 is 0 Å². The standard InChI is InChI=1S/C7H15N3O5S/c8-5(1-2-6(11)12)7(13)10-3-4-16(9,14)15/h5H,1-4,8H2,(H,10,13)(H,11,12)(H2,9,14,15). The van der Waals surface area contributed by atoms with Gasteiger partial charge in [0.1, 0.15) is 0 Å². The van der Waals surface area contributed by atoms with Gasteiger partial charge in [-0.3, -0.25) is 9.59 Å². The second-order valence-corrected chi connectivity index (χ2v) is 4.93. The maximum Gasteiger partial charge on any atom is 0.303 e. The normalized spacial score (nSPS) is 13.1. The Balaban J connectivity index is 3.84. The highest BCUT2D eigenvalue weighted by Crippen LogP contribution is 1.94. The molecule has 6 N–H and O–H groups in total. The smallest absolute Gasteiger partial charge is 0.303 e. The number of nitrogens with two attached hydrogens (primary N) is 2. The van der Waals surface area contributed by atoms with Crippen molar-refractivity contribution in [1.29, 1.82) is 0 Å². The molecular formula is C7H15N3O5S. The van der Waals surface area contributed by atoms with E-state index in [2.05, 4.69) is 5.32 Å². The first-order valence-corrected chi connectivity index (χ1v) is 6.19. The summed E-state index contributed by atoms with van der Waals surface area (Å²) in [7, 11) is -3.62. The first kappa shape index (κ1) is 14.8. The third-order valence-electron chi connectivity index (χ3n) is 1.69. The number of hydrogen-bond acceptors (Lipinski definition) is 5.